The number of nitrogens with zero attached hydrogens (tertiary/aromatic N) is 3. The van der Waals surface area contributed by atoms with Gasteiger partial charge in [0.05, 0.1) is 17.8 Å². The van der Waals surface area contributed by atoms with Gasteiger partial charge in [0.25, 0.3) is 0 Å². The molecule has 0 aliphatic carbocycles. The summed E-state index contributed by atoms with van der Waals surface area (Å²) in [7, 11) is 1.60. The van der Waals surface area contributed by atoms with Gasteiger partial charge in [0.1, 0.15) is 0 Å². The summed E-state index contributed by atoms with van der Waals surface area (Å²) in [5.74, 6) is 1.80. The summed E-state index contributed by atoms with van der Waals surface area (Å²) in [6, 6.07) is 0. The van der Waals surface area contributed by atoms with Crippen LogP contribution in [-0.4, -0.2) is 41.9 Å². The molecule has 1 N–H and O–H groups in total. The Balaban J connectivity index is 2.10. The lowest BCUT2D eigenvalue weighted by molar-refractivity contribution is 0.243. The fourth-order valence-electron chi connectivity index (χ4n) is 2.30. The minimum atomic E-state index is 0.253. The SMILES string of the molecule is COc1nc(N2CCCC(CCO)C2)ncc1Br. The van der Waals surface area contributed by atoms with Gasteiger partial charge >= 0.3 is 0 Å². The van der Waals surface area contributed by atoms with Gasteiger partial charge in [-0.3, -0.25) is 0 Å². The number of aromatic nitrogens is 2. The van der Waals surface area contributed by atoms with E-state index in [9.17, 15) is 0 Å². The van der Waals surface area contributed by atoms with E-state index in [0.717, 1.165) is 30.4 Å². The van der Waals surface area contributed by atoms with Crippen LogP contribution in [0.15, 0.2) is 10.7 Å². The summed E-state index contributed by atoms with van der Waals surface area (Å²) in [6.45, 7) is 2.13. The van der Waals surface area contributed by atoms with Gasteiger partial charge < -0.3 is 14.7 Å². The predicted molar refractivity (Wildman–Crippen MR) is 72.9 cm³/mol. The highest BCUT2D eigenvalue weighted by Gasteiger charge is 2.22. The molecule has 2 heterocycles. The Bertz CT molecular complexity index is 401. The van der Waals surface area contributed by atoms with Crippen LogP contribution in [0.1, 0.15) is 19.3 Å². The van der Waals surface area contributed by atoms with Gasteiger partial charge in [-0.2, -0.15) is 4.98 Å². The molecule has 18 heavy (non-hydrogen) atoms. The van der Waals surface area contributed by atoms with Crippen molar-refractivity contribution in [1.82, 2.24) is 9.97 Å². The molecule has 1 aliphatic rings. The highest BCUT2D eigenvalue weighted by Crippen LogP contribution is 2.26. The van der Waals surface area contributed by atoms with Gasteiger partial charge in [0.2, 0.25) is 11.8 Å². The zero-order valence-corrected chi connectivity index (χ0v) is 12.1. The molecule has 0 radical (unpaired) electrons. The maximum Gasteiger partial charge on any atom is 0.232 e. The highest BCUT2D eigenvalue weighted by atomic mass is 79.9. The maximum atomic E-state index is 9.02. The first-order chi connectivity index (χ1) is 8.74. The molecule has 1 aromatic heterocycles. The number of ether oxygens (including phenoxy) is 1. The summed E-state index contributed by atoms with van der Waals surface area (Å²) in [5, 5.41) is 9.02. The number of anilines is 1. The van der Waals surface area contributed by atoms with E-state index in [0.29, 0.717) is 17.7 Å². The first-order valence-electron chi connectivity index (χ1n) is 6.17. The smallest absolute Gasteiger partial charge is 0.232 e. The molecule has 0 saturated carbocycles. The van der Waals surface area contributed by atoms with Crippen molar-refractivity contribution in [2.45, 2.75) is 19.3 Å². The molecule has 1 atom stereocenters. The monoisotopic (exact) mass is 315 g/mol. The average molecular weight is 316 g/mol. The van der Waals surface area contributed by atoms with E-state index in [1.54, 1.807) is 13.3 Å². The third-order valence-electron chi connectivity index (χ3n) is 3.23. The molecule has 100 valence electrons. The van der Waals surface area contributed by atoms with E-state index in [2.05, 4.69) is 30.8 Å². The Kier molecular flexibility index (Phi) is 4.77. The molecular formula is C12H18BrN3O2. The van der Waals surface area contributed by atoms with E-state index in [-0.39, 0.29) is 6.61 Å². The van der Waals surface area contributed by atoms with Crippen molar-refractivity contribution >= 4 is 21.9 Å². The summed E-state index contributed by atoms with van der Waals surface area (Å²) in [5.41, 5.74) is 0. The number of aliphatic hydroxyl groups is 1. The summed E-state index contributed by atoms with van der Waals surface area (Å²) >= 11 is 3.35. The largest absolute Gasteiger partial charge is 0.480 e. The Labute approximate surface area is 115 Å². The van der Waals surface area contributed by atoms with Crippen LogP contribution in [0.5, 0.6) is 5.88 Å². The van der Waals surface area contributed by atoms with Crippen molar-refractivity contribution in [3.8, 4) is 5.88 Å². The lowest BCUT2D eigenvalue weighted by Gasteiger charge is -2.32. The summed E-state index contributed by atoms with van der Waals surface area (Å²) in [6.07, 6.45) is 4.86. The topological polar surface area (TPSA) is 58.5 Å². The van der Waals surface area contributed by atoms with Crippen molar-refractivity contribution in [3.63, 3.8) is 0 Å². The van der Waals surface area contributed by atoms with E-state index in [1.807, 2.05) is 0 Å². The molecule has 1 unspecified atom stereocenters. The lowest BCUT2D eigenvalue weighted by atomic mass is 9.95. The molecule has 1 aliphatic heterocycles. The quantitative estimate of drug-likeness (QED) is 0.919. The number of hydrogen-bond donors (Lipinski definition) is 1. The first kappa shape index (κ1) is 13.5. The third-order valence-corrected chi connectivity index (χ3v) is 3.78. The molecule has 6 heteroatoms. The predicted octanol–water partition coefficient (Wildman–Crippen LogP) is 1.85. The molecule has 1 aromatic rings. The van der Waals surface area contributed by atoms with Gasteiger partial charge in [0.15, 0.2) is 0 Å². The molecule has 1 saturated heterocycles. The second-order valence-corrected chi connectivity index (χ2v) is 5.35. The molecule has 0 amide bonds. The van der Waals surface area contributed by atoms with Crippen molar-refractivity contribution < 1.29 is 9.84 Å². The number of piperidine rings is 1. The van der Waals surface area contributed by atoms with Gasteiger partial charge in [-0.05, 0) is 41.1 Å². The van der Waals surface area contributed by atoms with Gasteiger partial charge in [-0.25, -0.2) is 4.98 Å². The van der Waals surface area contributed by atoms with E-state index >= 15 is 0 Å². The van der Waals surface area contributed by atoms with Crippen LogP contribution >= 0.6 is 15.9 Å². The number of aliphatic hydroxyl groups excluding tert-OH is 1. The normalized spacial score (nSPS) is 19.9. The highest BCUT2D eigenvalue weighted by molar-refractivity contribution is 9.10. The van der Waals surface area contributed by atoms with Crippen LogP contribution in [0.3, 0.4) is 0 Å². The van der Waals surface area contributed by atoms with Crippen molar-refractivity contribution in [2.24, 2.45) is 5.92 Å². The van der Waals surface area contributed by atoms with E-state index in [4.69, 9.17) is 9.84 Å². The lowest BCUT2D eigenvalue weighted by Crippen LogP contribution is -2.36. The Morgan fingerprint density at radius 1 is 1.61 bits per heavy atom. The number of rotatable bonds is 4. The van der Waals surface area contributed by atoms with Crippen LogP contribution in [0.25, 0.3) is 0 Å². The van der Waals surface area contributed by atoms with Crippen LogP contribution in [0.4, 0.5) is 5.95 Å². The van der Waals surface area contributed by atoms with E-state index < -0.39 is 0 Å². The molecule has 0 spiro atoms. The fraction of sp³-hybridized carbons (Fsp3) is 0.667. The van der Waals surface area contributed by atoms with Crippen LogP contribution in [0, 0.1) is 5.92 Å². The molecule has 0 aromatic carbocycles. The van der Waals surface area contributed by atoms with Crippen LogP contribution < -0.4 is 9.64 Å². The number of hydrogen-bond acceptors (Lipinski definition) is 5. The van der Waals surface area contributed by atoms with Crippen molar-refractivity contribution in [3.05, 3.63) is 10.7 Å². The standard InChI is InChI=1S/C12H18BrN3O2/c1-18-11-10(13)7-14-12(15-11)16-5-2-3-9(8-16)4-6-17/h7,9,17H,2-6,8H2,1H3. The second-order valence-electron chi connectivity index (χ2n) is 4.49. The Hall–Kier alpha value is -0.880. The van der Waals surface area contributed by atoms with Gasteiger partial charge in [0, 0.05) is 19.7 Å². The molecule has 5 nitrogen and oxygen atoms in total. The average Bonchev–Trinajstić information content (AvgIpc) is 2.40. The minimum Gasteiger partial charge on any atom is -0.480 e. The number of halogens is 1. The Morgan fingerprint density at radius 3 is 3.17 bits per heavy atom. The third kappa shape index (κ3) is 3.11. The zero-order valence-electron chi connectivity index (χ0n) is 10.5. The second kappa shape index (κ2) is 6.33. The van der Waals surface area contributed by atoms with E-state index in [1.165, 1.54) is 6.42 Å². The molecule has 1 fully saturated rings. The molecular weight excluding hydrogens is 298 g/mol. The summed E-state index contributed by atoms with van der Waals surface area (Å²) < 4.78 is 5.95. The van der Waals surface area contributed by atoms with Crippen LogP contribution in [0.2, 0.25) is 0 Å². The Morgan fingerprint density at radius 2 is 2.44 bits per heavy atom. The first-order valence-corrected chi connectivity index (χ1v) is 6.96. The zero-order chi connectivity index (χ0) is 13.0. The molecule has 2 rings (SSSR count). The summed E-state index contributed by atoms with van der Waals surface area (Å²) in [4.78, 5) is 10.9. The fourth-order valence-corrected chi connectivity index (χ4v) is 2.66. The van der Waals surface area contributed by atoms with Gasteiger partial charge in [-0.1, -0.05) is 0 Å². The van der Waals surface area contributed by atoms with Crippen LogP contribution in [-0.2, 0) is 0 Å². The van der Waals surface area contributed by atoms with Crippen molar-refractivity contribution in [1.29, 1.82) is 0 Å². The van der Waals surface area contributed by atoms with Gasteiger partial charge in [-0.15, -0.1) is 0 Å². The van der Waals surface area contributed by atoms with Crippen molar-refractivity contribution in [2.75, 3.05) is 31.7 Å². The minimum absolute atomic E-state index is 0.253. The maximum absolute atomic E-state index is 9.02. The molecule has 0 bridgehead atoms. The number of methoxy groups -OCH3 is 1.